The molecule has 0 aromatic rings. The zero-order chi connectivity index (χ0) is 11.4. The summed E-state index contributed by atoms with van der Waals surface area (Å²) in [4.78, 5) is 19.5. The van der Waals surface area contributed by atoms with Crippen LogP contribution in [-0.2, 0) is 9.47 Å². The van der Waals surface area contributed by atoms with E-state index in [1.807, 2.05) is 0 Å². The number of rotatable bonds is 4. The Morgan fingerprint density at radius 2 is 1.79 bits per heavy atom. The van der Waals surface area contributed by atoms with Crippen molar-refractivity contribution in [2.75, 3.05) is 6.67 Å². The quantitative estimate of drug-likeness (QED) is 0.691. The average Bonchev–Trinajstić information content (AvgIpc) is 1.96. The summed E-state index contributed by atoms with van der Waals surface area (Å²) in [6.07, 6.45) is -11.9. The Bertz CT molecular complexity index is 230. The molecule has 0 aliphatic heterocycles. The summed E-state index contributed by atoms with van der Waals surface area (Å²) in [5.41, 5.74) is 0. The van der Waals surface area contributed by atoms with Crippen LogP contribution in [0, 0.1) is 0 Å². The Hall–Kier alpha value is -1.67. The maximum Gasteiger partial charge on any atom is 0.510 e. The normalized spacial score (nSPS) is 13.1. The lowest BCUT2D eigenvalue weighted by atomic mass is 10.3. The Labute approximate surface area is 74.8 Å². The van der Waals surface area contributed by atoms with Crippen LogP contribution in [0.25, 0.3) is 0 Å². The molecule has 0 aliphatic rings. The molecular formula is C5H5F3O6. The third-order valence-corrected chi connectivity index (χ3v) is 0.981. The largest absolute Gasteiger partial charge is 0.510 e. The smallest absolute Gasteiger partial charge is 0.450 e. The Morgan fingerprint density at radius 3 is 2.07 bits per heavy atom. The van der Waals surface area contributed by atoms with Crippen molar-refractivity contribution < 1.29 is 42.4 Å². The molecule has 1 atom stereocenters. The number of halogens is 3. The molecule has 0 fully saturated rings. The Kier molecular flexibility index (Phi) is 3.99. The van der Waals surface area contributed by atoms with E-state index < -0.39 is 31.2 Å². The van der Waals surface area contributed by atoms with Gasteiger partial charge in [-0.05, 0) is 0 Å². The van der Waals surface area contributed by atoms with Gasteiger partial charge < -0.3 is 19.7 Å². The van der Waals surface area contributed by atoms with Gasteiger partial charge in [-0.1, -0.05) is 0 Å². The van der Waals surface area contributed by atoms with Gasteiger partial charge in [0.1, 0.15) is 6.67 Å². The lowest BCUT2D eigenvalue weighted by molar-refractivity contribution is -0.266. The van der Waals surface area contributed by atoms with Crippen LogP contribution in [0.15, 0.2) is 0 Å². The van der Waals surface area contributed by atoms with Crippen LogP contribution in [0.3, 0.4) is 0 Å². The van der Waals surface area contributed by atoms with Gasteiger partial charge in [0.25, 0.3) is 0 Å². The van der Waals surface area contributed by atoms with E-state index >= 15 is 0 Å². The fraction of sp³-hybridized carbons (Fsp3) is 0.600. The van der Waals surface area contributed by atoms with Crippen molar-refractivity contribution in [2.45, 2.75) is 12.2 Å². The number of hydrogen-bond acceptors (Lipinski definition) is 4. The first kappa shape index (κ1) is 12.3. The number of carbonyl (C=O) groups is 2. The highest BCUT2D eigenvalue weighted by atomic mass is 19.3. The minimum Gasteiger partial charge on any atom is -0.450 e. The van der Waals surface area contributed by atoms with Crippen LogP contribution in [0.5, 0.6) is 0 Å². The fourth-order valence-electron chi connectivity index (χ4n) is 0.494. The molecule has 0 bridgehead atoms. The Balaban J connectivity index is 4.47. The molecule has 6 nitrogen and oxygen atoms in total. The molecule has 0 radical (unpaired) electrons. The highest BCUT2D eigenvalue weighted by Gasteiger charge is 2.47. The lowest BCUT2D eigenvalue weighted by Gasteiger charge is -2.20. The summed E-state index contributed by atoms with van der Waals surface area (Å²) in [5.74, 6) is 0. The molecule has 9 heteroatoms. The van der Waals surface area contributed by atoms with Gasteiger partial charge in [-0.15, -0.1) is 0 Å². The minimum atomic E-state index is -4.56. The van der Waals surface area contributed by atoms with E-state index in [1.54, 1.807) is 0 Å². The van der Waals surface area contributed by atoms with Crippen molar-refractivity contribution >= 4 is 12.3 Å². The SMILES string of the molecule is O=C(O)OC(CF)C(F)(F)OC(=O)O. The molecule has 0 heterocycles. The van der Waals surface area contributed by atoms with Gasteiger partial charge in [-0.2, -0.15) is 8.78 Å². The standard InChI is InChI=1S/C5H5F3O6/c6-1-2(13-3(9)10)5(7,8)14-4(11)12/h2H,1H2,(H,9,10)(H,11,12). The zero-order valence-electron chi connectivity index (χ0n) is 6.45. The monoisotopic (exact) mass is 218 g/mol. The summed E-state index contributed by atoms with van der Waals surface area (Å²) >= 11 is 0. The van der Waals surface area contributed by atoms with Gasteiger partial charge in [0.2, 0.25) is 6.10 Å². The molecule has 0 saturated heterocycles. The molecule has 0 aliphatic carbocycles. The fourth-order valence-corrected chi connectivity index (χ4v) is 0.494. The first-order valence-electron chi connectivity index (χ1n) is 3.05. The Morgan fingerprint density at radius 1 is 1.29 bits per heavy atom. The number of carboxylic acid groups (broad SMARTS) is 2. The van der Waals surface area contributed by atoms with Crippen LogP contribution in [0.1, 0.15) is 0 Å². The number of hydrogen-bond donors (Lipinski definition) is 2. The maximum atomic E-state index is 12.5. The average molecular weight is 218 g/mol. The first-order valence-corrected chi connectivity index (χ1v) is 3.05. The van der Waals surface area contributed by atoms with Gasteiger partial charge in [0, 0.05) is 0 Å². The van der Waals surface area contributed by atoms with Crippen LogP contribution in [0.4, 0.5) is 22.8 Å². The van der Waals surface area contributed by atoms with E-state index in [0.29, 0.717) is 0 Å². The van der Waals surface area contributed by atoms with E-state index in [1.165, 1.54) is 0 Å². The van der Waals surface area contributed by atoms with Crippen molar-refractivity contribution in [2.24, 2.45) is 0 Å². The van der Waals surface area contributed by atoms with E-state index in [2.05, 4.69) is 9.47 Å². The second-order valence-electron chi connectivity index (χ2n) is 1.96. The summed E-state index contributed by atoms with van der Waals surface area (Å²) in [7, 11) is 0. The molecule has 1 unspecified atom stereocenters. The van der Waals surface area contributed by atoms with Gasteiger partial charge in [-0.25, -0.2) is 14.0 Å². The van der Waals surface area contributed by atoms with E-state index in [-0.39, 0.29) is 0 Å². The minimum absolute atomic E-state index is 1.91. The van der Waals surface area contributed by atoms with Crippen molar-refractivity contribution in [1.29, 1.82) is 0 Å². The molecule has 0 aromatic carbocycles. The first-order chi connectivity index (χ1) is 6.29. The van der Waals surface area contributed by atoms with Gasteiger partial charge in [0.05, 0.1) is 0 Å². The van der Waals surface area contributed by atoms with Crippen molar-refractivity contribution in [3.63, 3.8) is 0 Å². The van der Waals surface area contributed by atoms with Crippen LogP contribution in [0.2, 0.25) is 0 Å². The topological polar surface area (TPSA) is 93.1 Å². The second-order valence-corrected chi connectivity index (χ2v) is 1.96. The molecule has 0 rings (SSSR count). The number of ether oxygens (including phenoxy) is 2. The molecule has 0 amide bonds. The number of alkyl halides is 3. The summed E-state index contributed by atoms with van der Waals surface area (Å²) in [5, 5.41) is 15.7. The van der Waals surface area contributed by atoms with Crippen molar-refractivity contribution in [3.8, 4) is 0 Å². The summed E-state index contributed by atoms with van der Waals surface area (Å²) < 4.78 is 43.1. The van der Waals surface area contributed by atoms with E-state index in [0.717, 1.165) is 0 Å². The molecule has 82 valence electrons. The molecule has 0 aromatic heterocycles. The second kappa shape index (κ2) is 4.53. The summed E-state index contributed by atoms with van der Waals surface area (Å²) in [6.45, 7) is -1.91. The van der Waals surface area contributed by atoms with Crippen molar-refractivity contribution in [3.05, 3.63) is 0 Å². The molecule has 0 spiro atoms. The zero-order valence-corrected chi connectivity index (χ0v) is 6.45. The van der Waals surface area contributed by atoms with Gasteiger partial charge in [0.15, 0.2) is 0 Å². The lowest BCUT2D eigenvalue weighted by Crippen LogP contribution is -2.42. The van der Waals surface area contributed by atoms with Gasteiger partial charge in [-0.3, -0.25) is 0 Å². The van der Waals surface area contributed by atoms with Crippen molar-refractivity contribution in [1.82, 2.24) is 0 Å². The summed E-state index contributed by atoms with van der Waals surface area (Å²) in [6, 6.07) is 0. The van der Waals surface area contributed by atoms with E-state index in [9.17, 15) is 22.8 Å². The van der Waals surface area contributed by atoms with Crippen LogP contribution in [-0.4, -0.2) is 41.4 Å². The predicted molar refractivity (Wildman–Crippen MR) is 32.9 cm³/mol. The third-order valence-electron chi connectivity index (χ3n) is 0.981. The van der Waals surface area contributed by atoms with Crippen LogP contribution < -0.4 is 0 Å². The third kappa shape index (κ3) is 3.83. The highest BCUT2D eigenvalue weighted by molar-refractivity contribution is 5.58. The maximum absolute atomic E-state index is 12.5. The van der Waals surface area contributed by atoms with Gasteiger partial charge >= 0.3 is 18.4 Å². The van der Waals surface area contributed by atoms with E-state index in [4.69, 9.17) is 10.2 Å². The highest BCUT2D eigenvalue weighted by Crippen LogP contribution is 2.23. The predicted octanol–water partition coefficient (Wildman–Crippen LogP) is 1.31. The molecular weight excluding hydrogens is 213 g/mol. The van der Waals surface area contributed by atoms with Crippen LogP contribution >= 0.6 is 0 Å². The molecule has 2 N–H and O–H groups in total. The molecule has 0 saturated carbocycles. The molecule has 14 heavy (non-hydrogen) atoms.